The van der Waals surface area contributed by atoms with Gasteiger partial charge in [0, 0.05) is 6.07 Å². The molecular weight excluding hydrogens is 161 g/mol. The molecule has 0 aliphatic rings. The first kappa shape index (κ1) is 6.90. The van der Waals surface area contributed by atoms with Crippen LogP contribution in [0.5, 0.6) is 0 Å². The van der Waals surface area contributed by atoms with Gasteiger partial charge in [-0.25, -0.2) is 0 Å². The quantitative estimate of drug-likeness (QED) is 0.598. The van der Waals surface area contributed by atoms with Crippen molar-refractivity contribution >= 4 is 23.2 Å². The van der Waals surface area contributed by atoms with Gasteiger partial charge in [0.25, 0.3) is 0 Å². The monoisotopic (exact) mass is 165 g/mol. The predicted octanol–water partition coefficient (Wildman–Crippen LogP) is 2.46. The Morgan fingerprint density at radius 3 is 2.56 bits per heavy atom. The zero-order valence-corrected chi connectivity index (χ0v) is 6.28. The largest absolute Gasteiger partial charge is 0.361 e. The summed E-state index contributed by atoms with van der Waals surface area (Å²) in [6.45, 7) is 1.78. The molecule has 1 aromatic heterocycles. The van der Waals surface area contributed by atoms with E-state index in [-0.39, 0.29) is 0 Å². The van der Waals surface area contributed by atoms with Gasteiger partial charge in [-0.05, 0) is 6.92 Å². The molecule has 1 rings (SSSR count). The molecule has 2 nitrogen and oxygen atoms in total. The van der Waals surface area contributed by atoms with E-state index >= 15 is 0 Å². The van der Waals surface area contributed by atoms with E-state index in [1.165, 1.54) is 0 Å². The first-order chi connectivity index (χ1) is 4.20. The van der Waals surface area contributed by atoms with E-state index in [0.29, 0.717) is 5.69 Å². The van der Waals surface area contributed by atoms with Crippen molar-refractivity contribution in [2.75, 3.05) is 0 Å². The van der Waals surface area contributed by atoms with E-state index in [1.54, 1.807) is 13.0 Å². The summed E-state index contributed by atoms with van der Waals surface area (Å²) >= 11 is 10.9. The molecule has 0 radical (unpaired) electrons. The van der Waals surface area contributed by atoms with Gasteiger partial charge in [-0.3, -0.25) is 0 Å². The fourth-order valence-electron chi connectivity index (χ4n) is 0.488. The Kier molecular flexibility index (Phi) is 1.98. The zero-order chi connectivity index (χ0) is 6.85. The van der Waals surface area contributed by atoms with Crippen LogP contribution in [0.15, 0.2) is 10.6 Å². The second kappa shape index (κ2) is 2.58. The normalized spacial score (nSPS) is 10.7. The molecule has 0 bridgehead atoms. The topological polar surface area (TPSA) is 26.0 Å². The second-order valence-corrected chi connectivity index (χ2v) is 2.76. The van der Waals surface area contributed by atoms with Crippen LogP contribution in [0, 0.1) is 6.92 Å². The molecule has 1 heterocycles. The number of alkyl halides is 2. The molecule has 0 aliphatic heterocycles. The average molecular weight is 166 g/mol. The lowest BCUT2D eigenvalue weighted by Crippen LogP contribution is -1.77. The predicted molar refractivity (Wildman–Crippen MR) is 35.7 cm³/mol. The van der Waals surface area contributed by atoms with Crippen LogP contribution in [-0.4, -0.2) is 5.16 Å². The number of aryl methyl sites for hydroxylation is 1. The minimum absolute atomic E-state index is 0.566. The minimum atomic E-state index is -0.581. The molecule has 0 amide bonds. The molecule has 9 heavy (non-hydrogen) atoms. The van der Waals surface area contributed by atoms with Crippen LogP contribution in [0.4, 0.5) is 0 Å². The highest BCUT2D eigenvalue weighted by Crippen LogP contribution is 2.23. The molecule has 0 N–H and O–H groups in total. The van der Waals surface area contributed by atoms with Crippen molar-refractivity contribution in [1.82, 2.24) is 5.16 Å². The van der Waals surface area contributed by atoms with Gasteiger partial charge in [-0.15, -0.1) is 0 Å². The highest BCUT2D eigenvalue weighted by Gasteiger charge is 2.07. The van der Waals surface area contributed by atoms with Crippen molar-refractivity contribution in [1.29, 1.82) is 0 Å². The maximum atomic E-state index is 5.46. The van der Waals surface area contributed by atoms with Gasteiger partial charge in [0.2, 0.25) is 0 Å². The summed E-state index contributed by atoms with van der Waals surface area (Å²) in [5.74, 6) is 0.719. The molecule has 0 aliphatic carbocycles. The number of hydrogen-bond donors (Lipinski definition) is 0. The zero-order valence-electron chi connectivity index (χ0n) is 4.77. The SMILES string of the molecule is Cc1cc(C(Cl)Cl)no1. The lowest BCUT2D eigenvalue weighted by molar-refractivity contribution is 0.392. The Hall–Kier alpha value is -0.210. The third-order valence-corrected chi connectivity index (χ3v) is 1.32. The van der Waals surface area contributed by atoms with Crippen LogP contribution in [-0.2, 0) is 0 Å². The Labute approximate surface area is 62.7 Å². The summed E-state index contributed by atoms with van der Waals surface area (Å²) in [6, 6.07) is 1.70. The van der Waals surface area contributed by atoms with Crippen LogP contribution in [0.1, 0.15) is 16.3 Å². The Bertz CT molecular complexity index is 197. The van der Waals surface area contributed by atoms with Gasteiger partial charge < -0.3 is 4.52 Å². The highest BCUT2D eigenvalue weighted by atomic mass is 35.5. The third kappa shape index (κ3) is 1.60. The fraction of sp³-hybridized carbons (Fsp3) is 0.400. The van der Waals surface area contributed by atoms with Crippen molar-refractivity contribution in [3.63, 3.8) is 0 Å². The van der Waals surface area contributed by atoms with Crippen LogP contribution in [0.2, 0.25) is 0 Å². The molecular formula is C5H5Cl2NO. The van der Waals surface area contributed by atoms with Crippen molar-refractivity contribution in [3.05, 3.63) is 17.5 Å². The molecule has 0 saturated carbocycles. The molecule has 4 heteroatoms. The minimum Gasteiger partial charge on any atom is -0.361 e. The number of rotatable bonds is 1. The van der Waals surface area contributed by atoms with Crippen LogP contribution in [0.25, 0.3) is 0 Å². The third-order valence-electron chi connectivity index (χ3n) is 0.870. The number of hydrogen-bond acceptors (Lipinski definition) is 2. The van der Waals surface area contributed by atoms with Crippen LogP contribution < -0.4 is 0 Å². The molecule has 0 unspecified atom stereocenters. The van der Waals surface area contributed by atoms with E-state index in [0.717, 1.165) is 5.76 Å². The van der Waals surface area contributed by atoms with Gasteiger partial charge in [-0.2, -0.15) is 0 Å². The van der Waals surface area contributed by atoms with Crippen molar-refractivity contribution in [2.24, 2.45) is 0 Å². The summed E-state index contributed by atoms with van der Waals surface area (Å²) in [4.78, 5) is -0.581. The lowest BCUT2D eigenvalue weighted by atomic mass is 10.4. The smallest absolute Gasteiger partial charge is 0.153 e. The van der Waals surface area contributed by atoms with Gasteiger partial charge in [0.1, 0.15) is 11.5 Å². The lowest BCUT2D eigenvalue weighted by Gasteiger charge is -1.87. The molecule has 0 saturated heterocycles. The summed E-state index contributed by atoms with van der Waals surface area (Å²) < 4.78 is 4.71. The van der Waals surface area contributed by atoms with E-state index in [1.807, 2.05) is 0 Å². The average Bonchev–Trinajstić information content (AvgIpc) is 2.14. The van der Waals surface area contributed by atoms with Gasteiger partial charge >= 0.3 is 0 Å². The van der Waals surface area contributed by atoms with Crippen molar-refractivity contribution in [2.45, 2.75) is 11.8 Å². The van der Waals surface area contributed by atoms with E-state index < -0.39 is 4.84 Å². The summed E-state index contributed by atoms with van der Waals surface area (Å²) in [7, 11) is 0. The number of aromatic nitrogens is 1. The first-order valence-corrected chi connectivity index (χ1v) is 3.29. The van der Waals surface area contributed by atoms with Crippen LogP contribution >= 0.6 is 23.2 Å². The Morgan fingerprint density at radius 1 is 1.67 bits per heavy atom. The highest BCUT2D eigenvalue weighted by molar-refractivity contribution is 6.43. The van der Waals surface area contributed by atoms with Gasteiger partial charge in [0.15, 0.2) is 4.84 Å². The van der Waals surface area contributed by atoms with E-state index in [2.05, 4.69) is 5.16 Å². The van der Waals surface area contributed by atoms with Gasteiger partial charge in [-0.1, -0.05) is 28.4 Å². The summed E-state index contributed by atoms with van der Waals surface area (Å²) in [5.41, 5.74) is 0.566. The summed E-state index contributed by atoms with van der Waals surface area (Å²) in [5, 5.41) is 3.58. The fourth-order valence-corrected chi connectivity index (χ4v) is 0.694. The molecule has 1 aromatic rings. The van der Waals surface area contributed by atoms with E-state index in [4.69, 9.17) is 27.7 Å². The number of halogens is 2. The van der Waals surface area contributed by atoms with Gasteiger partial charge in [0.05, 0.1) is 0 Å². The van der Waals surface area contributed by atoms with Crippen molar-refractivity contribution < 1.29 is 4.52 Å². The standard InChI is InChI=1S/C5H5Cl2NO/c1-3-2-4(5(6)7)8-9-3/h2,5H,1H3. The molecule has 50 valence electrons. The van der Waals surface area contributed by atoms with Crippen LogP contribution in [0.3, 0.4) is 0 Å². The Balaban J connectivity index is 2.85. The Morgan fingerprint density at radius 2 is 2.33 bits per heavy atom. The molecule has 0 spiro atoms. The molecule has 0 aromatic carbocycles. The van der Waals surface area contributed by atoms with Crippen molar-refractivity contribution in [3.8, 4) is 0 Å². The molecule has 0 atom stereocenters. The maximum Gasteiger partial charge on any atom is 0.153 e. The first-order valence-electron chi connectivity index (χ1n) is 2.41. The summed E-state index contributed by atoms with van der Waals surface area (Å²) in [6.07, 6.45) is 0. The second-order valence-electron chi connectivity index (χ2n) is 1.66. The molecule has 0 fully saturated rings. The maximum absolute atomic E-state index is 5.46. The van der Waals surface area contributed by atoms with E-state index in [9.17, 15) is 0 Å². The number of nitrogens with zero attached hydrogens (tertiary/aromatic N) is 1.